The molecule has 1 aromatic heterocycles. The number of aryl methyl sites for hydroxylation is 1. The van der Waals surface area contributed by atoms with Crippen LogP contribution in [0.3, 0.4) is 0 Å². The summed E-state index contributed by atoms with van der Waals surface area (Å²) in [5, 5.41) is 3.36. The molecule has 0 radical (unpaired) electrons. The monoisotopic (exact) mass is 261 g/mol. The number of imidazole rings is 1. The van der Waals surface area contributed by atoms with Gasteiger partial charge in [-0.25, -0.2) is 9.37 Å². The first-order valence-corrected chi connectivity index (χ1v) is 6.58. The van der Waals surface area contributed by atoms with E-state index >= 15 is 0 Å². The SMILES string of the molecule is Cc1nccn1CC(C)CNCc1cccc(F)c1. The van der Waals surface area contributed by atoms with Crippen molar-refractivity contribution in [2.75, 3.05) is 6.54 Å². The summed E-state index contributed by atoms with van der Waals surface area (Å²) in [6.07, 6.45) is 3.82. The molecular formula is C15H20FN3. The zero-order valence-corrected chi connectivity index (χ0v) is 11.4. The van der Waals surface area contributed by atoms with Crippen molar-refractivity contribution in [3.63, 3.8) is 0 Å². The van der Waals surface area contributed by atoms with Gasteiger partial charge in [-0.1, -0.05) is 19.1 Å². The number of rotatable bonds is 6. The van der Waals surface area contributed by atoms with Crippen molar-refractivity contribution in [2.45, 2.75) is 26.9 Å². The Labute approximate surface area is 113 Å². The highest BCUT2D eigenvalue weighted by atomic mass is 19.1. The first-order valence-electron chi connectivity index (χ1n) is 6.58. The Hall–Kier alpha value is -1.68. The van der Waals surface area contributed by atoms with E-state index in [9.17, 15) is 4.39 Å². The van der Waals surface area contributed by atoms with Gasteiger partial charge in [0, 0.05) is 25.5 Å². The Bertz CT molecular complexity index is 522. The minimum Gasteiger partial charge on any atom is -0.335 e. The third kappa shape index (κ3) is 4.17. The predicted octanol–water partition coefficient (Wildman–Crippen LogP) is 2.76. The lowest BCUT2D eigenvalue weighted by Crippen LogP contribution is -2.24. The first-order chi connectivity index (χ1) is 9.15. The van der Waals surface area contributed by atoms with Gasteiger partial charge in [0.2, 0.25) is 0 Å². The second-order valence-corrected chi connectivity index (χ2v) is 4.99. The highest BCUT2D eigenvalue weighted by molar-refractivity contribution is 5.15. The topological polar surface area (TPSA) is 29.9 Å². The van der Waals surface area contributed by atoms with Crippen LogP contribution in [-0.2, 0) is 13.1 Å². The average molecular weight is 261 g/mol. The summed E-state index contributed by atoms with van der Waals surface area (Å²) in [5.41, 5.74) is 0.978. The van der Waals surface area contributed by atoms with Crippen molar-refractivity contribution in [3.8, 4) is 0 Å². The third-order valence-corrected chi connectivity index (χ3v) is 3.14. The molecule has 2 rings (SSSR count). The van der Waals surface area contributed by atoms with Gasteiger partial charge >= 0.3 is 0 Å². The van der Waals surface area contributed by atoms with E-state index in [1.807, 2.05) is 25.4 Å². The molecule has 4 heteroatoms. The normalized spacial score (nSPS) is 12.6. The van der Waals surface area contributed by atoms with Crippen LogP contribution in [0.5, 0.6) is 0 Å². The summed E-state index contributed by atoms with van der Waals surface area (Å²) in [5.74, 6) is 1.36. The Balaban J connectivity index is 1.75. The molecule has 1 heterocycles. The van der Waals surface area contributed by atoms with Crippen molar-refractivity contribution in [1.82, 2.24) is 14.9 Å². The van der Waals surface area contributed by atoms with Gasteiger partial charge in [-0.15, -0.1) is 0 Å². The fourth-order valence-corrected chi connectivity index (χ4v) is 2.11. The Kier molecular flexibility index (Phi) is 4.68. The van der Waals surface area contributed by atoms with E-state index in [1.54, 1.807) is 12.1 Å². The number of aromatic nitrogens is 2. The minimum atomic E-state index is -0.179. The van der Waals surface area contributed by atoms with Crippen LogP contribution < -0.4 is 5.32 Å². The lowest BCUT2D eigenvalue weighted by Gasteiger charge is -2.14. The van der Waals surface area contributed by atoms with Gasteiger partial charge in [0.25, 0.3) is 0 Å². The zero-order chi connectivity index (χ0) is 13.7. The maximum absolute atomic E-state index is 13.0. The summed E-state index contributed by atoms with van der Waals surface area (Å²) in [4.78, 5) is 4.21. The molecule has 19 heavy (non-hydrogen) atoms. The van der Waals surface area contributed by atoms with Crippen molar-refractivity contribution < 1.29 is 4.39 Å². The van der Waals surface area contributed by atoms with E-state index < -0.39 is 0 Å². The molecule has 0 amide bonds. The highest BCUT2D eigenvalue weighted by Gasteiger charge is 2.05. The molecule has 1 aromatic carbocycles. The van der Waals surface area contributed by atoms with Gasteiger partial charge in [-0.3, -0.25) is 0 Å². The van der Waals surface area contributed by atoms with E-state index in [4.69, 9.17) is 0 Å². The van der Waals surface area contributed by atoms with Crippen LogP contribution in [-0.4, -0.2) is 16.1 Å². The van der Waals surface area contributed by atoms with E-state index in [-0.39, 0.29) is 5.82 Å². The van der Waals surface area contributed by atoms with Gasteiger partial charge < -0.3 is 9.88 Å². The van der Waals surface area contributed by atoms with Gasteiger partial charge in [-0.2, -0.15) is 0 Å². The molecule has 0 fully saturated rings. The van der Waals surface area contributed by atoms with E-state index in [2.05, 4.69) is 21.8 Å². The molecule has 0 aliphatic carbocycles. The molecule has 1 atom stereocenters. The smallest absolute Gasteiger partial charge is 0.123 e. The summed E-state index contributed by atoms with van der Waals surface area (Å²) >= 11 is 0. The molecule has 0 bridgehead atoms. The fraction of sp³-hybridized carbons (Fsp3) is 0.400. The molecule has 0 aliphatic heterocycles. The van der Waals surface area contributed by atoms with E-state index in [0.29, 0.717) is 12.5 Å². The van der Waals surface area contributed by atoms with Crippen molar-refractivity contribution >= 4 is 0 Å². The lowest BCUT2D eigenvalue weighted by molar-refractivity contribution is 0.440. The Morgan fingerprint density at radius 2 is 2.26 bits per heavy atom. The molecule has 2 aromatic rings. The lowest BCUT2D eigenvalue weighted by atomic mass is 10.1. The standard InChI is InChI=1S/C15H20FN3/c1-12(11-19-7-6-18-13(19)2)9-17-10-14-4-3-5-15(16)8-14/h3-8,12,17H,9-11H2,1-2H3. The molecule has 1 unspecified atom stereocenters. The first kappa shape index (κ1) is 13.7. The number of nitrogens with one attached hydrogen (secondary N) is 1. The van der Waals surface area contributed by atoms with Crippen LogP contribution in [0.1, 0.15) is 18.3 Å². The summed E-state index contributed by atoms with van der Waals surface area (Å²) in [6.45, 7) is 6.74. The molecule has 102 valence electrons. The Morgan fingerprint density at radius 3 is 2.95 bits per heavy atom. The molecule has 0 aliphatic rings. The molecule has 1 N–H and O–H groups in total. The van der Waals surface area contributed by atoms with Crippen LogP contribution in [0.15, 0.2) is 36.7 Å². The number of nitrogens with zero attached hydrogens (tertiary/aromatic N) is 2. The highest BCUT2D eigenvalue weighted by Crippen LogP contribution is 2.05. The summed E-state index contributed by atoms with van der Waals surface area (Å²) in [6, 6.07) is 6.71. The van der Waals surface area contributed by atoms with Gasteiger partial charge in [0.05, 0.1) is 0 Å². The van der Waals surface area contributed by atoms with Gasteiger partial charge in [0.15, 0.2) is 0 Å². The quantitative estimate of drug-likeness (QED) is 0.866. The number of hydrogen-bond donors (Lipinski definition) is 1. The predicted molar refractivity (Wildman–Crippen MR) is 74.2 cm³/mol. The average Bonchev–Trinajstić information content (AvgIpc) is 2.75. The number of halogens is 1. The third-order valence-electron chi connectivity index (χ3n) is 3.14. The second kappa shape index (κ2) is 6.48. The van der Waals surface area contributed by atoms with Crippen LogP contribution >= 0.6 is 0 Å². The Morgan fingerprint density at radius 1 is 1.42 bits per heavy atom. The van der Waals surface area contributed by atoms with Crippen LogP contribution in [0.25, 0.3) is 0 Å². The van der Waals surface area contributed by atoms with Crippen molar-refractivity contribution in [1.29, 1.82) is 0 Å². The number of benzene rings is 1. The zero-order valence-electron chi connectivity index (χ0n) is 11.4. The van der Waals surface area contributed by atoms with Crippen molar-refractivity contribution in [2.24, 2.45) is 5.92 Å². The maximum atomic E-state index is 13.0. The summed E-state index contributed by atoms with van der Waals surface area (Å²) < 4.78 is 15.2. The minimum absolute atomic E-state index is 0.179. The summed E-state index contributed by atoms with van der Waals surface area (Å²) in [7, 11) is 0. The van der Waals surface area contributed by atoms with Gasteiger partial charge in [-0.05, 0) is 37.1 Å². The maximum Gasteiger partial charge on any atom is 0.123 e. The molecule has 0 spiro atoms. The van der Waals surface area contributed by atoms with Crippen LogP contribution in [0.2, 0.25) is 0 Å². The van der Waals surface area contributed by atoms with Gasteiger partial charge in [0.1, 0.15) is 11.6 Å². The van der Waals surface area contributed by atoms with Crippen LogP contribution in [0, 0.1) is 18.7 Å². The van der Waals surface area contributed by atoms with Crippen molar-refractivity contribution in [3.05, 3.63) is 53.9 Å². The van der Waals surface area contributed by atoms with E-state index in [0.717, 1.165) is 24.5 Å². The second-order valence-electron chi connectivity index (χ2n) is 4.99. The molecule has 0 saturated carbocycles. The molecular weight excluding hydrogens is 241 g/mol. The van der Waals surface area contributed by atoms with E-state index in [1.165, 1.54) is 6.07 Å². The fourth-order valence-electron chi connectivity index (χ4n) is 2.11. The largest absolute Gasteiger partial charge is 0.335 e. The number of hydrogen-bond acceptors (Lipinski definition) is 2. The molecule has 0 saturated heterocycles. The molecule has 3 nitrogen and oxygen atoms in total. The van der Waals surface area contributed by atoms with Crippen LogP contribution in [0.4, 0.5) is 4.39 Å².